The van der Waals surface area contributed by atoms with Crippen molar-refractivity contribution in [2.24, 2.45) is 0 Å². The number of nitrogens with zero attached hydrogens (tertiary/aromatic N) is 3. The van der Waals surface area contributed by atoms with Gasteiger partial charge in [-0.3, -0.25) is 24.2 Å². The Morgan fingerprint density at radius 1 is 1.10 bits per heavy atom. The summed E-state index contributed by atoms with van der Waals surface area (Å²) < 4.78 is 30.6. The summed E-state index contributed by atoms with van der Waals surface area (Å²) >= 11 is 6.67. The van der Waals surface area contributed by atoms with E-state index in [-0.39, 0.29) is 39.5 Å². The van der Waals surface area contributed by atoms with Crippen LogP contribution in [0.5, 0.6) is 0 Å². The lowest BCUT2D eigenvalue weighted by molar-refractivity contribution is 0.0961. The SMILES string of the molecule is CNC(=O)c1c(F)c(-c2cc(-n3c(C)cc([C@@H]4CC4c4ccc(F)cc4)c(Cl)c3=O)c(C)cn2)cc2[nH]ncc12. The molecule has 2 aromatic carbocycles. The van der Waals surface area contributed by atoms with Gasteiger partial charge < -0.3 is 5.32 Å². The zero-order valence-electron chi connectivity index (χ0n) is 21.8. The number of amides is 1. The van der Waals surface area contributed by atoms with Crippen molar-refractivity contribution < 1.29 is 13.6 Å². The molecule has 10 heteroatoms. The van der Waals surface area contributed by atoms with Gasteiger partial charge in [-0.25, -0.2) is 8.78 Å². The van der Waals surface area contributed by atoms with Gasteiger partial charge in [-0.1, -0.05) is 23.7 Å². The van der Waals surface area contributed by atoms with Crippen LogP contribution in [0.3, 0.4) is 0 Å². The maximum Gasteiger partial charge on any atom is 0.274 e. The highest BCUT2D eigenvalue weighted by Gasteiger charge is 2.41. The second kappa shape index (κ2) is 9.67. The van der Waals surface area contributed by atoms with Gasteiger partial charge >= 0.3 is 0 Å². The molecule has 2 atom stereocenters. The van der Waals surface area contributed by atoms with Gasteiger partial charge in [0, 0.05) is 29.9 Å². The minimum Gasteiger partial charge on any atom is -0.355 e. The molecule has 0 bridgehead atoms. The number of nitrogens with one attached hydrogen (secondary N) is 2. The summed E-state index contributed by atoms with van der Waals surface area (Å²) in [6, 6.07) is 11.5. The Morgan fingerprint density at radius 3 is 2.58 bits per heavy atom. The molecule has 2 N–H and O–H groups in total. The zero-order valence-corrected chi connectivity index (χ0v) is 22.6. The van der Waals surface area contributed by atoms with Crippen molar-refractivity contribution in [3.8, 4) is 16.9 Å². The Morgan fingerprint density at radius 2 is 1.85 bits per heavy atom. The highest BCUT2D eigenvalue weighted by atomic mass is 35.5. The molecule has 3 aromatic heterocycles. The van der Waals surface area contributed by atoms with Crippen molar-refractivity contribution in [1.29, 1.82) is 0 Å². The van der Waals surface area contributed by atoms with E-state index in [0.29, 0.717) is 27.8 Å². The third-order valence-corrected chi connectivity index (χ3v) is 7.96. The molecule has 202 valence electrons. The lowest BCUT2D eigenvalue weighted by Crippen LogP contribution is -2.23. The van der Waals surface area contributed by atoms with Gasteiger partial charge in [0.25, 0.3) is 11.5 Å². The monoisotopic (exact) mass is 559 g/mol. The molecule has 1 amide bonds. The molecule has 1 aliphatic carbocycles. The normalized spacial score (nSPS) is 16.4. The average molecular weight is 560 g/mol. The van der Waals surface area contributed by atoms with Crippen LogP contribution < -0.4 is 10.9 Å². The molecule has 40 heavy (non-hydrogen) atoms. The van der Waals surface area contributed by atoms with Crippen LogP contribution in [0.2, 0.25) is 5.02 Å². The number of H-pyrrole nitrogens is 1. The molecule has 1 aliphatic rings. The molecule has 0 radical (unpaired) electrons. The van der Waals surface area contributed by atoms with E-state index in [2.05, 4.69) is 20.5 Å². The first-order chi connectivity index (χ1) is 19.2. The summed E-state index contributed by atoms with van der Waals surface area (Å²) in [6.07, 6.45) is 3.77. The van der Waals surface area contributed by atoms with Crippen LogP contribution in [0.1, 0.15) is 51.0 Å². The minimum absolute atomic E-state index is 0.0615. The Labute approximate surface area is 232 Å². The standard InChI is InChI=1S/C30H24ClF2N5O2/c1-14-12-35-23(21-10-24-22(13-36-37-24)26(28(21)33)29(39)34-3)11-25(14)38-15(2)8-20(27(31)30(38)40)19-9-18(19)16-4-6-17(32)7-5-16/h4-8,10-13,18-19H,9H2,1-3H3,(H,34,39)(H,36,37)/t18?,19-/m1/s1. The van der Waals surface area contributed by atoms with E-state index in [1.54, 1.807) is 37.4 Å². The van der Waals surface area contributed by atoms with E-state index < -0.39 is 17.3 Å². The maximum absolute atomic E-state index is 15.8. The van der Waals surface area contributed by atoms with Crippen molar-refractivity contribution in [3.63, 3.8) is 0 Å². The second-order valence-electron chi connectivity index (χ2n) is 10.1. The minimum atomic E-state index is -0.742. The first-order valence-corrected chi connectivity index (χ1v) is 13.1. The fraction of sp³-hybridized carbons (Fsp3) is 0.200. The fourth-order valence-electron chi connectivity index (χ4n) is 5.42. The topological polar surface area (TPSA) is 92.7 Å². The number of aromatic nitrogens is 4. The summed E-state index contributed by atoms with van der Waals surface area (Å²) in [5.41, 5.74) is 3.87. The number of pyridine rings is 2. The fourth-order valence-corrected chi connectivity index (χ4v) is 5.70. The van der Waals surface area contributed by atoms with Crippen molar-refractivity contribution in [2.45, 2.75) is 32.1 Å². The highest BCUT2D eigenvalue weighted by Crippen LogP contribution is 2.55. The van der Waals surface area contributed by atoms with Crippen LogP contribution in [-0.2, 0) is 0 Å². The predicted octanol–water partition coefficient (Wildman–Crippen LogP) is 5.95. The van der Waals surface area contributed by atoms with Crippen molar-refractivity contribution in [1.82, 2.24) is 25.1 Å². The molecule has 7 nitrogen and oxygen atoms in total. The van der Waals surface area contributed by atoms with E-state index in [4.69, 9.17) is 11.6 Å². The summed E-state index contributed by atoms with van der Waals surface area (Å²) in [5, 5.41) is 9.67. The van der Waals surface area contributed by atoms with Gasteiger partial charge in [-0.15, -0.1) is 0 Å². The molecule has 0 spiro atoms. The Hall–Kier alpha value is -4.37. The number of benzene rings is 2. The summed E-state index contributed by atoms with van der Waals surface area (Å²) in [5.74, 6) is -1.40. The van der Waals surface area contributed by atoms with Gasteiger partial charge in [0.2, 0.25) is 0 Å². The van der Waals surface area contributed by atoms with Crippen LogP contribution >= 0.6 is 11.6 Å². The molecule has 3 heterocycles. The molecular weight excluding hydrogens is 536 g/mol. The Bertz CT molecular complexity index is 1880. The van der Waals surface area contributed by atoms with Crippen LogP contribution in [0.15, 0.2) is 59.7 Å². The molecule has 1 saturated carbocycles. The van der Waals surface area contributed by atoms with Crippen molar-refractivity contribution in [2.75, 3.05) is 7.05 Å². The zero-order chi connectivity index (χ0) is 28.3. The molecule has 1 unspecified atom stereocenters. The first-order valence-electron chi connectivity index (χ1n) is 12.7. The summed E-state index contributed by atoms with van der Waals surface area (Å²) in [4.78, 5) is 30.6. The number of hydrogen-bond acceptors (Lipinski definition) is 4. The van der Waals surface area contributed by atoms with E-state index in [0.717, 1.165) is 17.5 Å². The number of hydrogen-bond donors (Lipinski definition) is 2. The van der Waals surface area contributed by atoms with Crippen LogP contribution in [0.4, 0.5) is 8.78 Å². The van der Waals surface area contributed by atoms with Crippen LogP contribution in [0, 0.1) is 25.5 Å². The molecule has 6 rings (SSSR count). The number of fused-ring (bicyclic) bond motifs is 1. The Balaban J connectivity index is 1.44. The molecular formula is C30H24ClF2N5O2. The third-order valence-electron chi connectivity index (χ3n) is 7.58. The van der Waals surface area contributed by atoms with Gasteiger partial charge in [0.05, 0.1) is 28.7 Å². The molecule has 5 aromatic rings. The van der Waals surface area contributed by atoms with E-state index >= 15 is 4.39 Å². The maximum atomic E-state index is 15.8. The number of rotatable bonds is 5. The van der Waals surface area contributed by atoms with Gasteiger partial charge in [-0.2, -0.15) is 5.10 Å². The van der Waals surface area contributed by atoms with Crippen LogP contribution in [-0.4, -0.2) is 32.7 Å². The first kappa shape index (κ1) is 25.9. The molecule has 0 saturated heterocycles. The number of carbonyl (C=O) groups is 1. The number of aromatic amines is 1. The Kier molecular flexibility index (Phi) is 6.26. The van der Waals surface area contributed by atoms with E-state index in [1.165, 1.54) is 29.9 Å². The number of aryl methyl sites for hydroxylation is 2. The predicted molar refractivity (Wildman–Crippen MR) is 149 cm³/mol. The summed E-state index contributed by atoms with van der Waals surface area (Å²) in [6.45, 7) is 3.62. The largest absolute Gasteiger partial charge is 0.355 e. The van der Waals surface area contributed by atoms with Gasteiger partial charge in [-0.05, 0) is 79.1 Å². The molecule has 1 fully saturated rings. The lowest BCUT2D eigenvalue weighted by atomic mass is 10.0. The smallest absolute Gasteiger partial charge is 0.274 e. The van der Waals surface area contributed by atoms with E-state index in [1.807, 2.05) is 13.0 Å². The van der Waals surface area contributed by atoms with Gasteiger partial charge in [0.15, 0.2) is 0 Å². The second-order valence-corrected chi connectivity index (χ2v) is 10.5. The third kappa shape index (κ3) is 4.17. The quantitative estimate of drug-likeness (QED) is 0.278. The van der Waals surface area contributed by atoms with E-state index in [9.17, 15) is 14.0 Å². The van der Waals surface area contributed by atoms with Crippen molar-refractivity contribution >= 4 is 28.4 Å². The van der Waals surface area contributed by atoms with Crippen LogP contribution in [0.25, 0.3) is 27.8 Å². The average Bonchev–Trinajstić information content (AvgIpc) is 3.60. The number of halogens is 3. The molecule has 0 aliphatic heterocycles. The number of carbonyl (C=O) groups excluding carboxylic acids is 1. The highest BCUT2D eigenvalue weighted by molar-refractivity contribution is 6.31. The summed E-state index contributed by atoms with van der Waals surface area (Å²) in [7, 11) is 1.43. The lowest BCUT2D eigenvalue weighted by Gasteiger charge is -2.17. The van der Waals surface area contributed by atoms with Crippen molar-refractivity contribution in [3.05, 3.63) is 110 Å². The van der Waals surface area contributed by atoms with Gasteiger partial charge in [0.1, 0.15) is 16.7 Å².